The van der Waals surface area contributed by atoms with Gasteiger partial charge in [-0.1, -0.05) is 51.1 Å². The van der Waals surface area contributed by atoms with E-state index in [1.807, 2.05) is 20.8 Å². The van der Waals surface area contributed by atoms with Crippen molar-refractivity contribution in [1.82, 2.24) is 14.5 Å². The molecule has 12 nitrogen and oxygen atoms in total. The van der Waals surface area contributed by atoms with Crippen molar-refractivity contribution in [3.63, 3.8) is 0 Å². The molecule has 0 saturated carbocycles. The van der Waals surface area contributed by atoms with Gasteiger partial charge in [-0.25, -0.2) is 8.42 Å². The van der Waals surface area contributed by atoms with Crippen LogP contribution >= 0.6 is 11.3 Å². The Labute approximate surface area is 246 Å². The lowest BCUT2D eigenvalue weighted by Gasteiger charge is -2.30. The number of carboxylic acids is 1. The first kappa shape index (κ1) is 30.8. The standard InChI is InChI=1S/C28H30N4O8S2/c1-28(2,3)20-11-9-18(10-12-20)27(36)30-13-14-31(42(39,40)24-8-5-15-41-24)26(30)25(35)29-22(17-23(33)34)19-6-4-7-21(16-19)32(37)38/h4-12,15-16,22,26H,13-14,17H2,1-3H3,(H,29,35)(H,33,34). The van der Waals surface area contributed by atoms with Gasteiger partial charge in [-0.15, -0.1) is 11.3 Å². The van der Waals surface area contributed by atoms with E-state index < -0.39 is 51.4 Å². The largest absolute Gasteiger partial charge is 0.481 e. The van der Waals surface area contributed by atoms with Crippen LogP contribution in [0.5, 0.6) is 0 Å². The maximum absolute atomic E-state index is 13.9. The zero-order valence-corrected chi connectivity index (χ0v) is 24.7. The molecule has 0 aliphatic carbocycles. The van der Waals surface area contributed by atoms with Crippen molar-refractivity contribution >= 4 is 44.8 Å². The molecule has 1 fully saturated rings. The number of benzene rings is 2. The van der Waals surface area contributed by atoms with Crippen molar-refractivity contribution in [1.29, 1.82) is 0 Å². The normalized spacial score (nSPS) is 16.6. The van der Waals surface area contributed by atoms with Crippen molar-refractivity contribution in [2.75, 3.05) is 13.1 Å². The molecule has 1 aliphatic rings. The fourth-order valence-corrected chi connectivity index (χ4v) is 7.34. The summed E-state index contributed by atoms with van der Waals surface area (Å²) in [4.78, 5) is 51.0. The number of carbonyl (C=O) groups is 3. The Hall–Kier alpha value is -4.14. The summed E-state index contributed by atoms with van der Waals surface area (Å²) in [6, 6.07) is 13.7. The number of aliphatic carboxylic acids is 1. The SMILES string of the molecule is CC(C)(C)c1ccc(C(=O)N2CCN(S(=O)(=O)c3cccs3)C2C(=O)NC(CC(=O)O)c2cccc([N+](=O)[O-])c2)cc1. The van der Waals surface area contributed by atoms with Gasteiger partial charge >= 0.3 is 5.97 Å². The first-order valence-electron chi connectivity index (χ1n) is 12.9. The number of non-ortho nitro benzene ring substituents is 1. The predicted molar refractivity (Wildman–Crippen MR) is 154 cm³/mol. The quantitative estimate of drug-likeness (QED) is 0.271. The molecule has 2 amide bonds. The Kier molecular flexibility index (Phi) is 8.80. The van der Waals surface area contributed by atoms with Crippen LogP contribution in [0.3, 0.4) is 0 Å². The zero-order valence-electron chi connectivity index (χ0n) is 23.1. The lowest BCUT2D eigenvalue weighted by Crippen LogP contribution is -2.54. The van der Waals surface area contributed by atoms with E-state index in [0.717, 1.165) is 32.2 Å². The van der Waals surface area contributed by atoms with Crippen LogP contribution < -0.4 is 5.32 Å². The average Bonchev–Trinajstić information content (AvgIpc) is 3.63. The molecule has 3 aromatic rings. The van der Waals surface area contributed by atoms with Crippen molar-refractivity contribution in [3.05, 3.63) is 92.8 Å². The number of hydrogen-bond acceptors (Lipinski definition) is 8. The molecule has 2 heterocycles. The molecular weight excluding hydrogens is 584 g/mol. The van der Waals surface area contributed by atoms with Crippen LogP contribution in [0.4, 0.5) is 5.69 Å². The summed E-state index contributed by atoms with van der Waals surface area (Å²) in [5.41, 5.74) is 0.883. The minimum absolute atomic E-state index is 0.0232. The number of sulfonamides is 1. The molecule has 1 aromatic heterocycles. The minimum atomic E-state index is -4.21. The maximum Gasteiger partial charge on any atom is 0.305 e. The summed E-state index contributed by atoms with van der Waals surface area (Å²) in [6.07, 6.45) is -2.28. The molecule has 0 spiro atoms. The third kappa shape index (κ3) is 6.50. The van der Waals surface area contributed by atoms with Crippen LogP contribution in [0.1, 0.15) is 54.7 Å². The second-order valence-electron chi connectivity index (χ2n) is 10.8. The predicted octanol–water partition coefficient (Wildman–Crippen LogP) is 3.76. The molecular formula is C28H30N4O8S2. The number of nitrogens with one attached hydrogen (secondary N) is 1. The monoisotopic (exact) mass is 614 g/mol. The molecule has 222 valence electrons. The van der Waals surface area contributed by atoms with E-state index in [0.29, 0.717) is 0 Å². The Morgan fingerprint density at radius 1 is 1.10 bits per heavy atom. The van der Waals surface area contributed by atoms with E-state index in [4.69, 9.17) is 0 Å². The van der Waals surface area contributed by atoms with Gasteiger partial charge in [0, 0.05) is 30.8 Å². The van der Waals surface area contributed by atoms with Crippen LogP contribution in [0.15, 0.2) is 70.3 Å². The number of nitro groups is 1. The van der Waals surface area contributed by atoms with Crippen LogP contribution in [0, 0.1) is 10.1 Å². The molecule has 14 heteroatoms. The van der Waals surface area contributed by atoms with Gasteiger partial charge in [0.25, 0.3) is 27.5 Å². The van der Waals surface area contributed by atoms with E-state index >= 15 is 0 Å². The number of nitro benzene ring substituents is 1. The molecule has 1 aliphatic heterocycles. The summed E-state index contributed by atoms with van der Waals surface area (Å²) in [5.74, 6) is -2.82. The van der Waals surface area contributed by atoms with Crippen LogP contribution in [-0.4, -0.2) is 64.7 Å². The molecule has 42 heavy (non-hydrogen) atoms. The van der Waals surface area contributed by atoms with Crippen molar-refractivity contribution in [3.8, 4) is 0 Å². The van der Waals surface area contributed by atoms with Crippen molar-refractivity contribution in [2.24, 2.45) is 0 Å². The first-order chi connectivity index (χ1) is 19.7. The molecule has 0 radical (unpaired) electrons. The van der Waals surface area contributed by atoms with Gasteiger partial charge in [-0.3, -0.25) is 24.5 Å². The van der Waals surface area contributed by atoms with E-state index in [9.17, 15) is 38.0 Å². The van der Waals surface area contributed by atoms with Crippen LogP contribution in [-0.2, 0) is 25.0 Å². The second-order valence-corrected chi connectivity index (χ2v) is 13.8. The Balaban J connectivity index is 1.72. The van der Waals surface area contributed by atoms with E-state index in [1.165, 1.54) is 24.3 Å². The highest BCUT2D eigenvalue weighted by molar-refractivity contribution is 7.91. The van der Waals surface area contributed by atoms with Crippen LogP contribution in [0.25, 0.3) is 0 Å². The molecule has 2 N–H and O–H groups in total. The van der Waals surface area contributed by atoms with Crippen molar-refractivity contribution in [2.45, 2.75) is 49.0 Å². The Morgan fingerprint density at radius 3 is 2.36 bits per heavy atom. The summed E-state index contributed by atoms with van der Waals surface area (Å²) < 4.78 is 28.0. The highest BCUT2D eigenvalue weighted by Gasteiger charge is 2.47. The maximum atomic E-state index is 13.9. The first-order valence-corrected chi connectivity index (χ1v) is 15.3. The summed E-state index contributed by atoms with van der Waals surface area (Å²) >= 11 is 0.957. The molecule has 0 bridgehead atoms. The summed E-state index contributed by atoms with van der Waals surface area (Å²) in [7, 11) is -4.21. The minimum Gasteiger partial charge on any atom is -0.481 e. The van der Waals surface area contributed by atoms with Gasteiger partial charge in [0.1, 0.15) is 4.21 Å². The van der Waals surface area contributed by atoms with Gasteiger partial charge in [0.15, 0.2) is 6.17 Å². The smallest absolute Gasteiger partial charge is 0.305 e. The van der Waals surface area contributed by atoms with Crippen LogP contribution in [0.2, 0.25) is 0 Å². The van der Waals surface area contributed by atoms with Gasteiger partial charge in [0.2, 0.25) is 0 Å². The lowest BCUT2D eigenvalue weighted by molar-refractivity contribution is -0.384. The van der Waals surface area contributed by atoms with E-state index in [2.05, 4.69) is 5.32 Å². The third-order valence-electron chi connectivity index (χ3n) is 6.86. The zero-order chi connectivity index (χ0) is 30.8. The average molecular weight is 615 g/mol. The molecule has 2 unspecified atom stereocenters. The third-order valence-corrected chi connectivity index (χ3v) is 10.1. The Bertz CT molecular complexity index is 1600. The number of thiophene rings is 1. The highest BCUT2D eigenvalue weighted by Crippen LogP contribution is 2.30. The molecule has 1 saturated heterocycles. The lowest BCUT2D eigenvalue weighted by atomic mass is 9.86. The van der Waals surface area contributed by atoms with E-state index in [-0.39, 0.29) is 39.5 Å². The van der Waals surface area contributed by atoms with Gasteiger partial charge < -0.3 is 15.3 Å². The number of hydrogen-bond donors (Lipinski definition) is 2. The topological polar surface area (TPSA) is 167 Å². The number of carbonyl (C=O) groups excluding carboxylic acids is 2. The van der Waals surface area contributed by atoms with Gasteiger partial charge in [-0.2, -0.15) is 4.31 Å². The summed E-state index contributed by atoms with van der Waals surface area (Å²) in [6.45, 7) is 5.79. The van der Waals surface area contributed by atoms with Gasteiger partial charge in [0.05, 0.1) is 17.4 Å². The number of nitrogens with zero attached hydrogens (tertiary/aromatic N) is 3. The van der Waals surface area contributed by atoms with Crippen molar-refractivity contribution < 1.29 is 32.8 Å². The second kappa shape index (κ2) is 12.0. The Morgan fingerprint density at radius 2 is 1.79 bits per heavy atom. The fraction of sp³-hybridized carbons (Fsp3) is 0.321. The molecule has 2 atom stereocenters. The molecule has 2 aromatic carbocycles. The number of rotatable bonds is 9. The van der Waals surface area contributed by atoms with Gasteiger partial charge in [-0.05, 0) is 40.1 Å². The fourth-order valence-electron chi connectivity index (χ4n) is 4.68. The number of carboxylic acid groups (broad SMARTS) is 1. The molecule has 4 rings (SSSR count). The number of amides is 2. The summed E-state index contributed by atoms with van der Waals surface area (Å²) in [5, 5.41) is 24.9. The highest BCUT2D eigenvalue weighted by atomic mass is 32.2. The van der Waals surface area contributed by atoms with E-state index in [1.54, 1.807) is 35.7 Å².